The zero-order chi connectivity index (χ0) is 27.6. The summed E-state index contributed by atoms with van der Waals surface area (Å²) in [5.41, 5.74) is 1.92. The van der Waals surface area contributed by atoms with Gasteiger partial charge in [-0.3, -0.25) is 24.1 Å². The number of rotatable bonds is 5. The van der Waals surface area contributed by atoms with Crippen molar-refractivity contribution in [1.29, 1.82) is 0 Å². The highest BCUT2D eigenvalue weighted by molar-refractivity contribution is 9.10. The number of likely N-dealkylation sites (N-methyl/N-ethyl adjacent to an activating group) is 1. The van der Waals surface area contributed by atoms with Crippen molar-refractivity contribution in [2.45, 2.75) is 42.7 Å². The first-order valence-corrected chi connectivity index (χ1v) is 12.6. The van der Waals surface area contributed by atoms with Crippen LogP contribution in [0.15, 0.2) is 29.0 Å². The fourth-order valence-electron chi connectivity index (χ4n) is 5.72. The highest BCUT2D eigenvalue weighted by Gasteiger charge is 2.64. The maximum absolute atomic E-state index is 13.8. The van der Waals surface area contributed by atoms with E-state index in [1.807, 2.05) is 0 Å². The zero-order valence-electron chi connectivity index (χ0n) is 20.4. The molecule has 1 saturated carbocycles. The van der Waals surface area contributed by atoms with Crippen molar-refractivity contribution in [1.82, 2.24) is 4.90 Å². The van der Waals surface area contributed by atoms with Crippen molar-refractivity contribution >= 4 is 50.8 Å². The van der Waals surface area contributed by atoms with Gasteiger partial charge in [0.25, 0.3) is 5.91 Å². The fourth-order valence-corrected chi connectivity index (χ4v) is 5.83. The van der Waals surface area contributed by atoms with Crippen LogP contribution < -0.4 is 11.1 Å². The molecule has 0 saturated heterocycles. The van der Waals surface area contributed by atoms with Crippen LogP contribution in [0.25, 0.3) is 5.76 Å². The molecule has 198 valence electrons. The van der Waals surface area contributed by atoms with Crippen LogP contribution in [0.2, 0.25) is 0 Å². The Morgan fingerprint density at radius 2 is 1.89 bits per heavy atom. The Morgan fingerprint density at radius 3 is 2.46 bits per heavy atom. The van der Waals surface area contributed by atoms with E-state index in [9.17, 15) is 39.6 Å². The number of halogens is 1. The van der Waals surface area contributed by atoms with Crippen molar-refractivity contribution in [3.8, 4) is 5.75 Å². The first-order valence-electron chi connectivity index (χ1n) is 11.7. The molecule has 0 bridgehead atoms. The Labute approximate surface area is 220 Å². The highest BCUT2D eigenvalue weighted by atomic mass is 79.9. The number of carbonyl (C=O) groups excluding carboxylic acids is 4. The number of Topliss-reactive ketones (excluding diaryl/α,β-unsaturated/α-hetero) is 2. The molecule has 5 atom stereocenters. The highest BCUT2D eigenvalue weighted by Crippen LogP contribution is 2.53. The number of hydrogen-bond acceptors (Lipinski definition) is 9. The van der Waals surface area contributed by atoms with Gasteiger partial charge in [0.1, 0.15) is 22.8 Å². The van der Waals surface area contributed by atoms with Crippen LogP contribution in [-0.2, 0) is 25.6 Å². The molecule has 7 N–H and O–H groups in total. The summed E-state index contributed by atoms with van der Waals surface area (Å²) < 4.78 is 0. The average molecular weight is 578 g/mol. The second-order valence-electron chi connectivity index (χ2n) is 9.82. The maximum Gasteiger partial charge on any atom is 0.255 e. The molecule has 1 fully saturated rings. The molecule has 1 aromatic rings. The van der Waals surface area contributed by atoms with Gasteiger partial charge < -0.3 is 31.5 Å². The van der Waals surface area contributed by atoms with Crippen LogP contribution in [0.1, 0.15) is 30.9 Å². The van der Waals surface area contributed by atoms with Crippen molar-refractivity contribution in [3.05, 3.63) is 40.2 Å². The number of aliphatic hydroxyl groups excluding tert-OH is 2. The number of hydrogen-bond donors (Lipinski definition) is 6. The number of amides is 2. The molecule has 1 aromatic carbocycles. The lowest BCUT2D eigenvalue weighted by atomic mass is 9.57. The summed E-state index contributed by atoms with van der Waals surface area (Å²) in [6.45, 7) is 1.79. The van der Waals surface area contributed by atoms with E-state index in [0.717, 1.165) is 0 Å². The normalized spacial score (nSPS) is 28.0. The lowest BCUT2D eigenvalue weighted by Crippen LogP contribution is -2.65. The largest absolute Gasteiger partial charge is 0.508 e. The van der Waals surface area contributed by atoms with Crippen LogP contribution >= 0.6 is 15.9 Å². The van der Waals surface area contributed by atoms with Gasteiger partial charge in [0.2, 0.25) is 11.7 Å². The molecule has 0 heterocycles. The number of primary amides is 1. The molecule has 12 heteroatoms. The molecule has 3 aliphatic carbocycles. The average Bonchev–Trinajstić information content (AvgIpc) is 2.82. The molecule has 11 nitrogen and oxygen atoms in total. The number of nitrogens with zero attached hydrogens (tertiary/aromatic N) is 1. The number of ketones is 2. The summed E-state index contributed by atoms with van der Waals surface area (Å²) in [7, 11) is 3.08. The third kappa shape index (κ3) is 3.85. The molecule has 3 aliphatic rings. The molecule has 0 aliphatic heterocycles. The predicted molar refractivity (Wildman–Crippen MR) is 136 cm³/mol. The first-order chi connectivity index (χ1) is 17.3. The third-order valence-electron chi connectivity index (χ3n) is 7.49. The minimum Gasteiger partial charge on any atom is -0.508 e. The molecule has 0 aromatic heterocycles. The van der Waals surface area contributed by atoms with Crippen molar-refractivity contribution in [2.75, 3.05) is 19.4 Å². The van der Waals surface area contributed by atoms with E-state index < -0.39 is 74.5 Å². The quantitative estimate of drug-likeness (QED) is 0.169. The topological polar surface area (TPSA) is 190 Å². The number of fused-ring (bicyclic) bond motifs is 3. The number of anilines is 1. The third-order valence-corrected chi connectivity index (χ3v) is 8.56. The standard InChI is InChI=1S/C25H28BrN3O8/c1-4-12(26)24(36)28-13-6-5-9-7-10-8-11-17(29(2)3)20(32)16(23(27)35)22(34)25(11,37)21(33)15(10)19(31)14(9)18(13)30/h5-6,10-12,17,30-31,34,37H,4,7-8H2,1-3H3,(H2,27,35)(H,28,36)/t10?,11?,12?,17-,25?/m0/s1. The fraction of sp³-hybridized carbons (Fsp3) is 0.440. The number of aromatic hydroxyl groups is 1. The molecule has 0 spiro atoms. The minimum absolute atomic E-state index is 0.00672. The summed E-state index contributed by atoms with van der Waals surface area (Å²) >= 11 is 3.23. The van der Waals surface area contributed by atoms with Gasteiger partial charge in [-0.2, -0.15) is 0 Å². The summed E-state index contributed by atoms with van der Waals surface area (Å²) in [5.74, 6) is -7.62. The smallest absolute Gasteiger partial charge is 0.255 e. The van der Waals surface area contributed by atoms with Crippen molar-refractivity contribution in [3.63, 3.8) is 0 Å². The van der Waals surface area contributed by atoms with Gasteiger partial charge >= 0.3 is 0 Å². The predicted octanol–water partition coefficient (Wildman–Crippen LogP) is 1.08. The summed E-state index contributed by atoms with van der Waals surface area (Å²) in [4.78, 5) is 52.1. The number of nitrogens with one attached hydrogen (secondary N) is 1. The Kier molecular flexibility index (Phi) is 6.72. The van der Waals surface area contributed by atoms with Gasteiger partial charge in [-0.1, -0.05) is 28.9 Å². The van der Waals surface area contributed by atoms with E-state index in [0.29, 0.717) is 12.0 Å². The molecule has 2 amide bonds. The summed E-state index contributed by atoms with van der Waals surface area (Å²) in [6.07, 6.45) is 0.669. The molecule has 4 rings (SSSR count). The number of carbonyl (C=O) groups is 4. The van der Waals surface area contributed by atoms with Crippen LogP contribution in [0.3, 0.4) is 0 Å². The molecule has 0 radical (unpaired) electrons. The summed E-state index contributed by atoms with van der Waals surface area (Å²) in [6, 6.07) is 1.95. The van der Waals surface area contributed by atoms with E-state index in [4.69, 9.17) is 5.73 Å². The minimum atomic E-state index is -2.70. The van der Waals surface area contributed by atoms with Gasteiger partial charge in [0, 0.05) is 11.5 Å². The summed E-state index contributed by atoms with van der Waals surface area (Å²) in [5, 5.41) is 47.2. The molecule has 4 unspecified atom stereocenters. The number of benzene rings is 1. The Balaban J connectivity index is 1.87. The van der Waals surface area contributed by atoms with Crippen molar-refractivity contribution in [2.24, 2.45) is 17.6 Å². The van der Waals surface area contributed by atoms with Gasteiger partial charge in [0.05, 0.1) is 22.1 Å². The zero-order valence-corrected chi connectivity index (χ0v) is 22.0. The molecular weight excluding hydrogens is 550 g/mol. The Morgan fingerprint density at radius 1 is 1.24 bits per heavy atom. The second kappa shape index (κ2) is 9.26. The van der Waals surface area contributed by atoms with Gasteiger partial charge in [-0.25, -0.2) is 0 Å². The van der Waals surface area contributed by atoms with Crippen molar-refractivity contribution < 1.29 is 39.6 Å². The number of phenolic OH excluding ortho intramolecular Hbond substituents is 1. The van der Waals surface area contributed by atoms with Crippen LogP contribution in [0, 0.1) is 11.8 Å². The SMILES string of the molecule is CCC(Br)C(=O)Nc1ccc2c(c1O)C(O)=C1C(=O)C3(O)C(O)=C(C(N)=O)C(=O)[C@@H](N(C)C)C3CC1C2. The Bertz CT molecular complexity index is 1300. The number of phenols is 1. The number of alkyl halides is 1. The van der Waals surface area contributed by atoms with Gasteiger partial charge in [0.15, 0.2) is 11.4 Å². The van der Waals surface area contributed by atoms with E-state index in [1.165, 1.54) is 25.1 Å². The van der Waals surface area contributed by atoms with Crippen LogP contribution in [0.4, 0.5) is 5.69 Å². The second-order valence-corrected chi connectivity index (χ2v) is 10.9. The first kappa shape index (κ1) is 26.8. The monoisotopic (exact) mass is 577 g/mol. The van der Waals surface area contributed by atoms with Gasteiger partial charge in [-0.05, 0) is 50.9 Å². The number of nitrogens with two attached hydrogens (primary N) is 1. The van der Waals surface area contributed by atoms with Crippen LogP contribution in [0.5, 0.6) is 5.75 Å². The van der Waals surface area contributed by atoms with E-state index in [1.54, 1.807) is 13.0 Å². The lowest BCUT2D eigenvalue weighted by Gasteiger charge is -2.50. The lowest BCUT2D eigenvalue weighted by molar-refractivity contribution is -0.153. The van der Waals surface area contributed by atoms with E-state index in [2.05, 4.69) is 21.2 Å². The molecular formula is C25H28BrN3O8. The molecule has 37 heavy (non-hydrogen) atoms. The Hall–Kier alpha value is -3.22. The van der Waals surface area contributed by atoms with Gasteiger partial charge in [-0.15, -0.1) is 0 Å². The maximum atomic E-state index is 13.8. The van der Waals surface area contributed by atoms with Crippen LogP contribution in [-0.4, -0.2) is 79.3 Å². The van der Waals surface area contributed by atoms with E-state index >= 15 is 0 Å². The number of aliphatic hydroxyl groups is 3. The van der Waals surface area contributed by atoms with E-state index in [-0.39, 0.29) is 29.7 Å².